The third-order valence-corrected chi connectivity index (χ3v) is 4.25. The Hall–Kier alpha value is -2.24. The zero-order valence-corrected chi connectivity index (χ0v) is 16.4. The molecule has 1 aromatic rings. The standard InChI is InChI=1S/C20H30N2O4/c1-6-7-12-22(5)19(24)25-15-10-8-14-9-11-17(16(14)13-15)21-18(23)26-20(2,3)4/h8,10,13,17H,6-7,9,11-12H2,1-5H3,(H,21,23)/t17-/m0/s1. The van der Waals surface area contributed by atoms with Gasteiger partial charge in [-0.3, -0.25) is 0 Å². The van der Waals surface area contributed by atoms with Gasteiger partial charge in [-0.05, 0) is 63.3 Å². The van der Waals surface area contributed by atoms with Gasteiger partial charge in [-0.25, -0.2) is 9.59 Å². The van der Waals surface area contributed by atoms with Crippen molar-refractivity contribution in [2.45, 2.75) is 65.0 Å². The number of nitrogens with one attached hydrogen (secondary N) is 1. The molecule has 144 valence electrons. The molecule has 0 spiro atoms. The summed E-state index contributed by atoms with van der Waals surface area (Å²) in [7, 11) is 1.73. The van der Waals surface area contributed by atoms with Crippen molar-refractivity contribution in [2.24, 2.45) is 0 Å². The summed E-state index contributed by atoms with van der Waals surface area (Å²) >= 11 is 0. The zero-order valence-electron chi connectivity index (χ0n) is 16.4. The summed E-state index contributed by atoms with van der Waals surface area (Å²) in [5.41, 5.74) is 1.61. The summed E-state index contributed by atoms with van der Waals surface area (Å²) in [6.07, 6.45) is 2.85. The maximum atomic E-state index is 12.1. The average molecular weight is 362 g/mol. The molecule has 2 amide bonds. The third-order valence-electron chi connectivity index (χ3n) is 4.25. The Bertz CT molecular complexity index is 652. The minimum absolute atomic E-state index is 0.128. The van der Waals surface area contributed by atoms with Gasteiger partial charge in [0.25, 0.3) is 0 Å². The first kappa shape index (κ1) is 20.1. The van der Waals surface area contributed by atoms with E-state index in [9.17, 15) is 9.59 Å². The fraction of sp³-hybridized carbons (Fsp3) is 0.600. The van der Waals surface area contributed by atoms with Crippen LogP contribution in [0.3, 0.4) is 0 Å². The van der Waals surface area contributed by atoms with E-state index in [4.69, 9.17) is 9.47 Å². The summed E-state index contributed by atoms with van der Waals surface area (Å²) < 4.78 is 10.8. The number of carbonyl (C=O) groups excluding carboxylic acids is 2. The monoisotopic (exact) mass is 362 g/mol. The normalized spacial score (nSPS) is 16.0. The number of nitrogens with zero attached hydrogens (tertiary/aromatic N) is 1. The van der Waals surface area contributed by atoms with E-state index in [1.54, 1.807) is 18.0 Å². The highest BCUT2D eigenvalue weighted by atomic mass is 16.6. The van der Waals surface area contributed by atoms with Gasteiger partial charge in [0.05, 0.1) is 6.04 Å². The van der Waals surface area contributed by atoms with E-state index in [2.05, 4.69) is 12.2 Å². The summed E-state index contributed by atoms with van der Waals surface area (Å²) in [6, 6.07) is 5.48. The number of hydrogen-bond donors (Lipinski definition) is 1. The van der Waals surface area contributed by atoms with Gasteiger partial charge in [0.2, 0.25) is 0 Å². The van der Waals surface area contributed by atoms with Gasteiger partial charge in [0.15, 0.2) is 0 Å². The molecule has 2 rings (SSSR count). The molecule has 0 aliphatic heterocycles. The molecule has 0 heterocycles. The number of fused-ring (bicyclic) bond motifs is 1. The summed E-state index contributed by atoms with van der Waals surface area (Å²) in [5.74, 6) is 0.495. The topological polar surface area (TPSA) is 67.9 Å². The lowest BCUT2D eigenvalue weighted by molar-refractivity contribution is 0.0503. The van der Waals surface area contributed by atoms with Gasteiger partial charge < -0.3 is 19.7 Å². The minimum atomic E-state index is -0.536. The van der Waals surface area contributed by atoms with Crippen LogP contribution in [0.4, 0.5) is 9.59 Å². The predicted octanol–water partition coefficient (Wildman–Crippen LogP) is 4.43. The second-order valence-corrected chi connectivity index (χ2v) is 7.74. The van der Waals surface area contributed by atoms with E-state index in [1.165, 1.54) is 0 Å². The SMILES string of the molecule is CCCCN(C)C(=O)Oc1ccc2c(c1)[C@@H](NC(=O)OC(C)(C)C)CC2. The fourth-order valence-corrected chi connectivity index (χ4v) is 2.91. The van der Waals surface area contributed by atoms with Gasteiger partial charge in [-0.1, -0.05) is 19.4 Å². The van der Waals surface area contributed by atoms with Crippen molar-refractivity contribution in [2.75, 3.05) is 13.6 Å². The van der Waals surface area contributed by atoms with Gasteiger partial charge in [-0.15, -0.1) is 0 Å². The Morgan fingerprint density at radius 1 is 1.31 bits per heavy atom. The van der Waals surface area contributed by atoms with Crippen molar-refractivity contribution in [1.29, 1.82) is 0 Å². The number of benzene rings is 1. The first-order chi connectivity index (χ1) is 12.2. The molecule has 0 bridgehead atoms. The fourth-order valence-electron chi connectivity index (χ4n) is 2.91. The summed E-state index contributed by atoms with van der Waals surface area (Å²) in [5, 5.41) is 2.91. The number of ether oxygens (including phenoxy) is 2. The van der Waals surface area contributed by atoms with Crippen molar-refractivity contribution in [3.05, 3.63) is 29.3 Å². The molecule has 1 aliphatic carbocycles. The van der Waals surface area contributed by atoms with Crippen LogP contribution in [0.2, 0.25) is 0 Å². The van der Waals surface area contributed by atoms with Crippen LogP contribution in [0.1, 0.15) is 64.1 Å². The number of carbonyl (C=O) groups is 2. The highest BCUT2D eigenvalue weighted by Crippen LogP contribution is 2.34. The first-order valence-corrected chi connectivity index (χ1v) is 9.25. The van der Waals surface area contributed by atoms with Crippen LogP contribution in [-0.4, -0.2) is 36.3 Å². The highest BCUT2D eigenvalue weighted by molar-refractivity contribution is 5.71. The lowest BCUT2D eigenvalue weighted by Crippen LogP contribution is -2.34. The largest absolute Gasteiger partial charge is 0.444 e. The third kappa shape index (κ3) is 5.64. The predicted molar refractivity (Wildman–Crippen MR) is 100 cm³/mol. The van der Waals surface area contributed by atoms with Crippen LogP contribution in [0.5, 0.6) is 5.75 Å². The van der Waals surface area contributed by atoms with Crippen molar-refractivity contribution < 1.29 is 19.1 Å². The summed E-state index contributed by atoms with van der Waals surface area (Å²) in [4.78, 5) is 25.8. The zero-order chi connectivity index (χ0) is 19.3. The van der Waals surface area contributed by atoms with Crippen LogP contribution < -0.4 is 10.1 Å². The van der Waals surface area contributed by atoms with E-state index in [1.807, 2.05) is 32.9 Å². The average Bonchev–Trinajstić information content (AvgIpc) is 2.93. The van der Waals surface area contributed by atoms with Crippen molar-refractivity contribution in [3.8, 4) is 5.75 Å². The van der Waals surface area contributed by atoms with Gasteiger partial charge in [-0.2, -0.15) is 0 Å². The highest BCUT2D eigenvalue weighted by Gasteiger charge is 2.27. The van der Waals surface area contributed by atoms with Gasteiger partial charge in [0, 0.05) is 13.6 Å². The lowest BCUT2D eigenvalue weighted by atomic mass is 10.1. The Kier molecular flexibility index (Phi) is 6.51. The smallest absolute Gasteiger partial charge is 0.414 e. The van der Waals surface area contributed by atoms with Gasteiger partial charge in [0.1, 0.15) is 11.4 Å². The molecule has 0 saturated heterocycles. The molecule has 1 atom stereocenters. The molecular formula is C20H30N2O4. The molecule has 1 N–H and O–H groups in total. The molecule has 0 unspecified atom stereocenters. The van der Waals surface area contributed by atoms with Crippen molar-refractivity contribution in [3.63, 3.8) is 0 Å². The van der Waals surface area contributed by atoms with Crippen LogP contribution in [0.15, 0.2) is 18.2 Å². The lowest BCUT2D eigenvalue weighted by Gasteiger charge is -2.22. The van der Waals surface area contributed by atoms with Crippen LogP contribution >= 0.6 is 0 Å². The molecule has 1 aliphatic rings. The quantitative estimate of drug-likeness (QED) is 0.841. The molecular weight excluding hydrogens is 332 g/mol. The van der Waals surface area contributed by atoms with Crippen LogP contribution in [0, 0.1) is 0 Å². The number of amides is 2. The Balaban J connectivity index is 2.02. The Morgan fingerprint density at radius 3 is 2.69 bits per heavy atom. The molecule has 0 aromatic heterocycles. The van der Waals surface area contributed by atoms with Gasteiger partial charge >= 0.3 is 12.2 Å². The first-order valence-electron chi connectivity index (χ1n) is 9.25. The van der Waals surface area contributed by atoms with E-state index in [-0.39, 0.29) is 12.1 Å². The Labute approximate surface area is 155 Å². The number of unbranched alkanes of at least 4 members (excludes halogenated alkanes) is 1. The van der Waals surface area contributed by atoms with E-state index < -0.39 is 11.7 Å². The molecule has 0 radical (unpaired) electrons. The minimum Gasteiger partial charge on any atom is -0.444 e. The molecule has 1 aromatic carbocycles. The maximum absolute atomic E-state index is 12.1. The van der Waals surface area contributed by atoms with Crippen molar-refractivity contribution in [1.82, 2.24) is 10.2 Å². The number of aryl methyl sites for hydroxylation is 1. The number of alkyl carbamates (subject to hydrolysis) is 1. The molecule has 0 fully saturated rings. The molecule has 26 heavy (non-hydrogen) atoms. The molecule has 6 nitrogen and oxygen atoms in total. The Morgan fingerprint density at radius 2 is 2.04 bits per heavy atom. The van der Waals surface area contributed by atoms with E-state index >= 15 is 0 Å². The van der Waals surface area contributed by atoms with E-state index in [0.29, 0.717) is 12.3 Å². The number of rotatable bonds is 5. The number of hydrogen-bond acceptors (Lipinski definition) is 4. The maximum Gasteiger partial charge on any atom is 0.414 e. The van der Waals surface area contributed by atoms with E-state index in [0.717, 1.165) is 36.8 Å². The molecule has 0 saturated carbocycles. The molecule has 6 heteroatoms. The second kappa shape index (κ2) is 8.43. The summed E-state index contributed by atoms with van der Waals surface area (Å²) in [6.45, 7) is 8.26. The van der Waals surface area contributed by atoms with Crippen molar-refractivity contribution >= 4 is 12.2 Å². The second-order valence-electron chi connectivity index (χ2n) is 7.74. The van der Waals surface area contributed by atoms with Crippen LogP contribution in [-0.2, 0) is 11.2 Å². The van der Waals surface area contributed by atoms with Crippen LogP contribution in [0.25, 0.3) is 0 Å².